The van der Waals surface area contributed by atoms with Crippen LogP contribution in [0.4, 0.5) is 4.39 Å². The lowest BCUT2D eigenvalue weighted by atomic mass is 10.1. The molecule has 0 saturated heterocycles. The molecule has 0 unspecified atom stereocenters. The van der Waals surface area contributed by atoms with E-state index in [2.05, 4.69) is 0 Å². The van der Waals surface area contributed by atoms with Crippen LogP contribution in [0.1, 0.15) is 44.1 Å². The number of halogens is 2. The Morgan fingerprint density at radius 2 is 1.86 bits per heavy atom. The molecule has 3 nitrogen and oxygen atoms in total. The lowest BCUT2D eigenvalue weighted by Gasteiger charge is -2.29. The number of amides is 1. The normalized spacial score (nSPS) is 14.6. The van der Waals surface area contributed by atoms with Gasteiger partial charge in [0.05, 0.1) is 0 Å². The molecule has 0 atom stereocenters. The molecule has 2 rings (SSSR count). The monoisotopic (exact) mass is 328 g/mol. The molecule has 1 amide bonds. The smallest absolute Gasteiger partial charge is 0.222 e. The summed E-state index contributed by atoms with van der Waals surface area (Å²) in [6.07, 6.45) is 6.71. The van der Waals surface area contributed by atoms with Crippen LogP contribution in [0.5, 0.6) is 0 Å². The maximum Gasteiger partial charge on any atom is 0.222 e. The van der Waals surface area contributed by atoms with E-state index in [1.807, 2.05) is 4.90 Å². The highest BCUT2D eigenvalue weighted by Crippen LogP contribution is 2.24. The molecule has 1 aliphatic carbocycles. The van der Waals surface area contributed by atoms with Crippen LogP contribution in [0.15, 0.2) is 24.3 Å². The third-order valence-corrected chi connectivity index (χ3v) is 4.24. The first-order valence-electron chi connectivity index (χ1n) is 7.94. The summed E-state index contributed by atoms with van der Waals surface area (Å²) < 4.78 is 12.9. The predicted octanol–water partition coefficient (Wildman–Crippen LogP) is 3.30. The average Bonchev–Trinajstić information content (AvgIpc) is 3.01. The Labute approximate surface area is 138 Å². The van der Waals surface area contributed by atoms with Crippen molar-refractivity contribution in [3.8, 4) is 0 Å². The molecule has 0 aliphatic heterocycles. The largest absolute Gasteiger partial charge is 0.339 e. The number of rotatable bonds is 7. The van der Waals surface area contributed by atoms with Crippen LogP contribution in [0.3, 0.4) is 0 Å². The molecular weight excluding hydrogens is 303 g/mol. The molecule has 124 valence electrons. The van der Waals surface area contributed by atoms with E-state index in [-0.39, 0.29) is 24.1 Å². The molecule has 0 aromatic heterocycles. The zero-order valence-corrected chi connectivity index (χ0v) is 13.8. The minimum Gasteiger partial charge on any atom is -0.339 e. The fourth-order valence-corrected chi connectivity index (χ4v) is 3.02. The Balaban J connectivity index is 0.00000242. The predicted molar refractivity (Wildman–Crippen MR) is 89.6 cm³/mol. The third-order valence-electron chi connectivity index (χ3n) is 4.24. The van der Waals surface area contributed by atoms with Crippen LogP contribution >= 0.6 is 12.4 Å². The van der Waals surface area contributed by atoms with Gasteiger partial charge >= 0.3 is 0 Å². The molecule has 2 N–H and O–H groups in total. The van der Waals surface area contributed by atoms with Crippen LogP contribution in [0.2, 0.25) is 0 Å². The molecule has 1 aromatic carbocycles. The summed E-state index contributed by atoms with van der Waals surface area (Å²) in [5.41, 5.74) is 6.58. The Morgan fingerprint density at radius 3 is 2.45 bits per heavy atom. The molecule has 5 heteroatoms. The number of nitrogens with two attached hydrogens (primary N) is 1. The fourth-order valence-electron chi connectivity index (χ4n) is 3.02. The van der Waals surface area contributed by atoms with E-state index in [1.54, 1.807) is 12.1 Å². The first kappa shape index (κ1) is 18.9. The summed E-state index contributed by atoms with van der Waals surface area (Å²) in [6.45, 7) is 1.28. The molecule has 22 heavy (non-hydrogen) atoms. The molecule has 0 radical (unpaired) electrons. The highest BCUT2D eigenvalue weighted by atomic mass is 35.5. The molecule has 0 bridgehead atoms. The molecule has 1 aromatic rings. The number of carbonyl (C=O) groups excluding carboxylic acids is 1. The Morgan fingerprint density at radius 1 is 1.23 bits per heavy atom. The van der Waals surface area contributed by atoms with Gasteiger partial charge < -0.3 is 10.6 Å². The fraction of sp³-hybridized carbons (Fsp3) is 0.588. The topological polar surface area (TPSA) is 46.3 Å². The van der Waals surface area contributed by atoms with E-state index in [1.165, 1.54) is 25.0 Å². The van der Waals surface area contributed by atoms with Gasteiger partial charge in [-0.1, -0.05) is 25.0 Å². The molecular formula is C17H26ClFN2O. The van der Waals surface area contributed by atoms with Crippen LogP contribution < -0.4 is 5.73 Å². The van der Waals surface area contributed by atoms with Gasteiger partial charge in [0.1, 0.15) is 5.82 Å². The first-order valence-corrected chi connectivity index (χ1v) is 7.94. The summed E-state index contributed by atoms with van der Waals surface area (Å²) in [5, 5.41) is 0. The van der Waals surface area contributed by atoms with Gasteiger partial charge in [0.25, 0.3) is 0 Å². The summed E-state index contributed by atoms with van der Waals surface area (Å²) in [7, 11) is 0. The second kappa shape index (κ2) is 9.80. The highest BCUT2D eigenvalue weighted by molar-refractivity contribution is 5.85. The Hall–Kier alpha value is -1.13. The van der Waals surface area contributed by atoms with E-state index < -0.39 is 0 Å². The van der Waals surface area contributed by atoms with Crippen molar-refractivity contribution in [1.82, 2.24) is 4.90 Å². The van der Waals surface area contributed by atoms with E-state index in [4.69, 9.17) is 5.73 Å². The van der Waals surface area contributed by atoms with Crippen molar-refractivity contribution in [3.05, 3.63) is 35.6 Å². The number of hydrogen-bond acceptors (Lipinski definition) is 2. The zero-order chi connectivity index (χ0) is 15.1. The second-order valence-electron chi connectivity index (χ2n) is 5.79. The van der Waals surface area contributed by atoms with Crippen molar-refractivity contribution in [2.45, 2.75) is 51.0 Å². The van der Waals surface area contributed by atoms with Crippen molar-refractivity contribution in [2.75, 3.05) is 13.1 Å². The summed E-state index contributed by atoms with van der Waals surface area (Å²) in [5.74, 6) is -0.000108. The molecule has 1 aliphatic rings. The van der Waals surface area contributed by atoms with Crippen LogP contribution in [0.25, 0.3) is 0 Å². The van der Waals surface area contributed by atoms with Crippen LogP contribution in [-0.2, 0) is 11.2 Å². The second-order valence-corrected chi connectivity index (χ2v) is 5.79. The first-order chi connectivity index (χ1) is 10.2. The van der Waals surface area contributed by atoms with Crippen molar-refractivity contribution in [3.63, 3.8) is 0 Å². The molecule has 0 spiro atoms. The highest BCUT2D eigenvalue weighted by Gasteiger charge is 2.25. The van der Waals surface area contributed by atoms with Crippen molar-refractivity contribution in [2.24, 2.45) is 5.73 Å². The maximum absolute atomic E-state index is 12.9. The molecule has 0 heterocycles. The van der Waals surface area contributed by atoms with E-state index in [0.717, 1.165) is 37.8 Å². The van der Waals surface area contributed by atoms with Gasteiger partial charge in [0.15, 0.2) is 0 Å². The lowest BCUT2D eigenvalue weighted by molar-refractivity contribution is -0.133. The van der Waals surface area contributed by atoms with Gasteiger partial charge in [0.2, 0.25) is 5.91 Å². The van der Waals surface area contributed by atoms with E-state index in [0.29, 0.717) is 19.0 Å². The number of benzene rings is 1. The Bertz CT molecular complexity index is 446. The van der Waals surface area contributed by atoms with Gasteiger partial charge in [-0.25, -0.2) is 4.39 Å². The maximum atomic E-state index is 12.9. The molecule has 1 fully saturated rings. The van der Waals surface area contributed by atoms with Gasteiger partial charge in [-0.2, -0.15) is 0 Å². The lowest BCUT2D eigenvalue weighted by Crippen LogP contribution is -2.40. The third kappa shape index (κ3) is 5.58. The number of hydrogen-bond donors (Lipinski definition) is 1. The van der Waals surface area contributed by atoms with Gasteiger partial charge in [0, 0.05) is 19.0 Å². The van der Waals surface area contributed by atoms with Crippen LogP contribution in [0, 0.1) is 5.82 Å². The average molecular weight is 329 g/mol. The van der Waals surface area contributed by atoms with E-state index >= 15 is 0 Å². The van der Waals surface area contributed by atoms with Crippen molar-refractivity contribution in [1.29, 1.82) is 0 Å². The minimum absolute atomic E-state index is 0. The quantitative estimate of drug-likeness (QED) is 0.834. The van der Waals surface area contributed by atoms with E-state index in [9.17, 15) is 9.18 Å². The minimum atomic E-state index is -0.217. The van der Waals surface area contributed by atoms with Crippen molar-refractivity contribution < 1.29 is 9.18 Å². The SMILES string of the molecule is Cl.NCCCC(=O)N(CCc1ccc(F)cc1)C1CCCC1. The van der Waals surface area contributed by atoms with Crippen molar-refractivity contribution >= 4 is 18.3 Å². The summed E-state index contributed by atoms with van der Waals surface area (Å²) >= 11 is 0. The van der Waals surface area contributed by atoms with Gasteiger partial charge in [-0.05, 0) is 49.9 Å². The number of nitrogens with zero attached hydrogens (tertiary/aromatic N) is 1. The van der Waals surface area contributed by atoms with Crippen LogP contribution in [-0.4, -0.2) is 29.9 Å². The molecule has 1 saturated carbocycles. The standard InChI is InChI=1S/C17H25FN2O.ClH/c18-15-9-7-14(8-10-15)11-13-20(16-4-1-2-5-16)17(21)6-3-12-19;/h7-10,16H,1-6,11-13,19H2;1H. The number of carbonyl (C=O) groups is 1. The summed E-state index contributed by atoms with van der Waals surface area (Å²) in [6, 6.07) is 6.94. The summed E-state index contributed by atoms with van der Waals surface area (Å²) in [4.78, 5) is 14.4. The zero-order valence-electron chi connectivity index (χ0n) is 13.0. The van der Waals surface area contributed by atoms with Gasteiger partial charge in [-0.15, -0.1) is 12.4 Å². The Kier molecular flexibility index (Phi) is 8.43. The van der Waals surface area contributed by atoms with Gasteiger partial charge in [-0.3, -0.25) is 4.79 Å².